The Labute approximate surface area is 256 Å². The summed E-state index contributed by atoms with van der Waals surface area (Å²) in [6.45, 7) is 0.740. The van der Waals surface area contributed by atoms with Crippen molar-refractivity contribution in [2.24, 2.45) is 0 Å². The molecule has 1 amide bonds. The Morgan fingerprint density at radius 2 is 1.41 bits per heavy atom. The zero-order chi connectivity index (χ0) is 34.3. The third-order valence-corrected chi connectivity index (χ3v) is 6.43. The first-order valence-corrected chi connectivity index (χ1v) is 13.0. The van der Waals surface area contributed by atoms with Gasteiger partial charge < -0.3 is 46.0 Å². The second-order valence-electron chi connectivity index (χ2n) is 9.59. The number of benzene rings is 3. The highest BCUT2D eigenvalue weighted by atomic mass is 19.4. The van der Waals surface area contributed by atoms with Crippen molar-refractivity contribution in [2.75, 3.05) is 13.1 Å². The van der Waals surface area contributed by atoms with Crippen LogP contribution >= 0.6 is 0 Å². The average Bonchev–Trinajstić information content (AvgIpc) is 2.97. The number of phenolic OH excluding ortho intramolecular Hbond substituents is 4. The Morgan fingerprint density at radius 3 is 1.96 bits per heavy atom. The number of alkyl halides is 3. The SMILES string of the molecule is O=C(NC1CCNCC1OC(=O)c1cc(O)c(C(=O)c2c(O)cccc2C(=O)O)c(O)c1)c1ccc(O)cc1.O=C(O)C(F)(F)F. The van der Waals surface area contributed by atoms with Crippen LogP contribution in [0.1, 0.15) is 53.4 Å². The Kier molecular flexibility index (Phi) is 10.8. The van der Waals surface area contributed by atoms with Gasteiger partial charge >= 0.3 is 24.1 Å². The zero-order valence-corrected chi connectivity index (χ0v) is 23.2. The third-order valence-electron chi connectivity index (χ3n) is 6.43. The molecule has 3 aromatic carbocycles. The van der Waals surface area contributed by atoms with E-state index in [0.717, 1.165) is 24.3 Å². The van der Waals surface area contributed by atoms with E-state index in [2.05, 4.69) is 10.6 Å². The van der Waals surface area contributed by atoms with Crippen LogP contribution in [-0.2, 0) is 9.53 Å². The van der Waals surface area contributed by atoms with Crippen LogP contribution in [0.15, 0.2) is 54.6 Å². The number of halogens is 3. The lowest BCUT2D eigenvalue weighted by Crippen LogP contribution is -2.54. The fourth-order valence-corrected chi connectivity index (χ4v) is 4.23. The smallest absolute Gasteiger partial charge is 0.490 e. The van der Waals surface area contributed by atoms with E-state index in [9.17, 15) is 57.9 Å². The summed E-state index contributed by atoms with van der Waals surface area (Å²) in [5.41, 5.74) is -1.93. The standard InChI is InChI=1S/C27H24N2O10.C2HF3O2/c30-15-6-4-13(5-7-15)25(35)29-17-8-9-28-12-21(17)39-27(38)14-10-19(32)23(20(33)11-14)24(34)22-16(26(36)37)2-1-3-18(22)31;3-2(4,5)1(6)7/h1-7,10-11,17,21,28,30-33H,8-9,12H2,(H,29,35)(H,36,37);(H,6,7). The number of aromatic carboxylic acids is 1. The topological polar surface area (TPSA) is 240 Å². The van der Waals surface area contributed by atoms with E-state index < -0.39 is 81.9 Å². The van der Waals surface area contributed by atoms with E-state index in [1.165, 1.54) is 30.3 Å². The summed E-state index contributed by atoms with van der Waals surface area (Å²) < 4.78 is 37.3. The van der Waals surface area contributed by atoms with Crippen molar-refractivity contribution in [1.29, 1.82) is 0 Å². The van der Waals surface area contributed by atoms with E-state index in [4.69, 9.17) is 14.6 Å². The van der Waals surface area contributed by atoms with Gasteiger partial charge in [-0.3, -0.25) is 9.59 Å². The summed E-state index contributed by atoms with van der Waals surface area (Å²) in [5.74, 6) is -9.20. The fourth-order valence-electron chi connectivity index (χ4n) is 4.23. The van der Waals surface area contributed by atoms with Gasteiger partial charge in [0.2, 0.25) is 5.78 Å². The maximum Gasteiger partial charge on any atom is 0.490 e. The summed E-state index contributed by atoms with van der Waals surface area (Å²) in [5, 5.41) is 62.8. The molecule has 0 aliphatic carbocycles. The van der Waals surface area contributed by atoms with Gasteiger partial charge in [0, 0.05) is 12.1 Å². The summed E-state index contributed by atoms with van der Waals surface area (Å²) in [4.78, 5) is 58.9. The minimum Gasteiger partial charge on any atom is -0.508 e. The zero-order valence-electron chi connectivity index (χ0n) is 23.2. The number of piperidine rings is 1. The van der Waals surface area contributed by atoms with Gasteiger partial charge in [-0.1, -0.05) is 6.07 Å². The molecule has 46 heavy (non-hydrogen) atoms. The Bertz CT molecular complexity index is 1640. The number of amides is 1. The summed E-state index contributed by atoms with van der Waals surface area (Å²) in [6.07, 6.45) is -5.48. The quantitative estimate of drug-likeness (QED) is 0.136. The van der Waals surface area contributed by atoms with E-state index in [-0.39, 0.29) is 17.9 Å². The van der Waals surface area contributed by atoms with E-state index in [0.29, 0.717) is 18.5 Å². The number of aromatic hydroxyl groups is 4. The molecule has 8 N–H and O–H groups in total. The number of hydrogen-bond donors (Lipinski definition) is 8. The molecule has 2 atom stereocenters. The molecule has 1 heterocycles. The second-order valence-corrected chi connectivity index (χ2v) is 9.59. The second kappa shape index (κ2) is 14.3. The lowest BCUT2D eigenvalue weighted by atomic mass is 9.95. The number of nitrogens with one attached hydrogen (secondary N) is 2. The number of phenols is 4. The van der Waals surface area contributed by atoms with Crippen molar-refractivity contribution in [3.05, 3.63) is 82.4 Å². The highest BCUT2D eigenvalue weighted by Crippen LogP contribution is 2.35. The Hall–Kier alpha value is -5.84. The summed E-state index contributed by atoms with van der Waals surface area (Å²) in [7, 11) is 0. The van der Waals surface area contributed by atoms with Gasteiger partial charge in [-0.25, -0.2) is 14.4 Å². The van der Waals surface area contributed by atoms with Gasteiger partial charge in [-0.05, 0) is 61.5 Å². The van der Waals surface area contributed by atoms with Gasteiger partial charge in [-0.2, -0.15) is 13.2 Å². The molecule has 0 spiro atoms. The summed E-state index contributed by atoms with van der Waals surface area (Å²) >= 11 is 0. The van der Waals surface area contributed by atoms with Crippen molar-refractivity contribution in [3.63, 3.8) is 0 Å². The first-order chi connectivity index (χ1) is 21.5. The minimum absolute atomic E-state index is 0.00217. The van der Waals surface area contributed by atoms with Crippen LogP contribution in [0, 0.1) is 0 Å². The molecule has 1 aliphatic heterocycles. The number of hydrogen-bond acceptors (Lipinski definition) is 11. The third kappa shape index (κ3) is 8.41. The predicted octanol–water partition coefficient (Wildman–Crippen LogP) is 2.39. The maximum absolute atomic E-state index is 13.0. The maximum atomic E-state index is 13.0. The molecule has 2 unspecified atom stereocenters. The lowest BCUT2D eigenvalue weighted by Gasteiger charge is -2.32. The first kappa shape index (κ1) is 34.6. The summed E-state index contributed by atoms with van der Waals surface area (Å²) in [6, 6.07) is 10.1. The van der Waals surface area contributed by atoms with Crippen molar-refractivity contribution in [2.45, 2.75) is 24.7 Å². The number of ether oxygens (including phenoxy) is 1. The highest BCUT2D eigenvalue weighted by molar-refractivity contribution is 6.18. The van der Waals surface area contributed by atoms with Crippen LogP contribution in [0.2, 0.25) is 0 Å². The number of esters is 1. The van der Waals surface area contributed by atoms with Crippen LogP contribution < -0.4 is 10.6 Å². The highest BCUT2D eigenvalue weighted by Gasteiger charge is 2.38. The van der Waals surface area contributed by atoms with E-state index >= 15 is 0 Å². The number of carbonyl (C=O) groups excluding carboxylic acids is 3. The van der Waals surface area contributed by atoms with E-state index in [1.807, 2.05) is 0 Å². The molecular weight excluding hydrogens is 625 g/mol. The molecule has 0 saturated carbocycles. The van der Waals surface area contributed by atoms with Crippen LogP contribution in [0.25, 0.3) is 0 Å². The van der Waals surface area contributed by atoms with E-state index in [1.54, 1.807) is 0 Å². The minimum atomic E-state index is -5.08. The van der Waals surface area contributed by atoms with Crippen molar-refractivity contribution >= 4 is 29.6 Å². The predicted molar refractivity (Wildman–Crippen MR) is 148 cm³/mol. The van der Waals surface area contributed by atoms with Crippen LogP contribution in [0.5, 0.6) is 23.0 Å². The van der Waals surface area contributed by atoms with Gasteiger partial charge in [0.15, 0.2) is 0 Å². The molecule has 1 aliphatic rings. The molecular formula is C29H25F3N2O12. The van der Waals surface area contributed by atoms with Crippen molar-refractivity contribution in [3.8, 4) is 23.0 Å². The van der Waals surface area contributed by atoms with Gasteiger partial charge in [0.05, 0.1) is 22.7 Å². The van der Waals surface area contributed by atoms with Crippen molar-refractivity contribution in [1.82, 2.24) is 10.6 Å². The molecule has 0 aromatic heterocycles. The van der Waals surface area contributed by atoms with Crippen LogP contribution in [-0.4, -0.2) is 91.6 Å². The van der Waals surface area contributed by atoms with Gasteiger partial charge in [-0.15, -0.1) is 0 Å². The fraction of sp³-hybridized carbons (Fsp3) is 0.207. The Balaban J connectivity index is 0.000000738. The van der Waals surface area contributed by atoms with Gasteiger partial charge in [0.1, 0.15) is 34.7 Å². The van der Waals surface area contributed by atoms with Gasteiger partial charge in [0.25, 0.3) is 5.91 Å². The van der Waals surface area contributed by atoms with Crippen LogP contribution in [0.4, 0.5) is 13.2 Å². The lowest BCUT2D eigenvalue weighted by molar-refractivity contribution is -0.192. The van der Waals surface area contributed by atoms with Crippen LogP contribution in [0.3, 0.4) is 0 Å². The molecule has 0 radical (unpaired) electrons. The normalized spacial score (nSPS) is 15.9. The molecule has 1 saturated heterocycles. The number of carbonyl (C=O) groups is 5. The average molecular weight is 651 g/mol. The molecule has 244 valence electrons. The largest absolute Gasteiger partial charge is 0.508 e. The Morgan fingerprint density at radius 1 is 0.826 bits per heavy atom. The molecule has 17 heteroatoms. The molecule has 3 aromatic rings. The molecule has 1 fully saturated rings. The number of carboxylic acids is 2. The molecule has 14 nitrogen and oxygen atoms in total. The number of ketones is 1. The molecule has 0 bridgehead atoms. The monoisotopic (exact) mass is 650 g/mol. The number of rotatable bonds is 7. The first-order valence-electron chi connectivity index (χ1n) is 13.0. The number of aliphatic carboxylic acids is 1. The number of carboxylic acid groups (broad SMARTS) is 2. The molecule has 4 rings (SSSR count). The van der Waals surface area contributed by atoms with Crippen molar-refractivity contribution < 1.29 is 72.5 Å².